The first-order valence-electron chi connectivity index (χ1n) is 10.3. The number of alkyl halides is 1. The average Bonchev–Trinajstić information content (AvgIpc) is 2.77. The van der Waals surface area contributed by atoms with Crippen molar-refractivity contribution in [2.24, 2.45) is 0 Å². The second kappa shape index (κ2) is 10.5. The van der Waals surface area contributed by atoms with E-state index in [1.807, 2.05) is 19.0 Å². The molecular weight excluding hydrogens is 432 g/mol. The van der Waals surface area contributed by atoms with Crippen molar-refractivity contribution in [2.75, 3.05) is 33.6 Å². The highest BCUT2D eigenvalue weighted by Gasteiger charge is 2.37. The van der Waals surface area contributed by atoms with E-state index in [2.05, 4.69) is 25.8 Å². The summed E-state index contributed by atoms with van der Waals surface area (Å²) >= 11 is 0. The minimum absolute atomic E-state index is 0.0826. The number of allylic oxidation sites excluding steroid dienone is 4. The fraction of sp³-hybridized carbons (Fsp3) is 0.348. The predicted molar refractivity (Wildman–Crippen MR) is 121 cm³/mol. The second-order valence-corrected chi connectivity index (χ2v) is 7.91. The van der Waals surface area contributed by atoms with Gasteiger partial charge in [0.1, 0.15) is 5.83 Å². The number of amides is 2. The minimum atomic E-state index is -2.19. The largest absolute Gasteiger partial charge is 0.480 e. The molecule has 10 heteroatoms. The molecule has 2 N–H and O–H groups in total. The van der Waals surface area contributed by atoms with Gasteiger partial charge in [-0.3, -0.25) is 4.84 Å². The molecule has 3 rings (SSSR count). The predicted octanol–water partition coefficient (Wildman–Crippen LogP) is 3.96. The van der Waals surface area contributed by atoms with E-state index < -0.39 is 17.5 Å². The fourth-order valence-corrected chi connectivity index (χ4v) is 3.64. The van der Waals surface area contributed by atoms with Gasteiger partial charge in [-0.25, -0.2) is 19.1 Å². The first-order valence-corrected chi connectivity index (χ1v) is 10.3. The van der Waals surface area contributed by atoms with Crippen LogP contribution in [0.4, 0.5) is 19.3 Å². The maximum atomic E-state index is 15.7. The quantitative estimate of drug-likeness (QED) is 0.581. The molecule has 0 saturated carbocycles. The Morgan fingerprint density at radius 3 is 2.64 bits per heavy atom. The zero-order chi connectivity index (χ0) is 24.0. The van der Waals surface area contributed by atoms with Crippen LogP contribution in [-0.2, 0) is 17.8 Å². The number of urea groups is 1. The van der Waals surface area contributed by atoms with E-state index in [1.165, 1.54) is 20.3 Å². The van der Waals surface area contributed by atoms with Crippen molar-refractivity contribution < 1.29 is 23.1 Å². The number of hydrogen-bond donors (Lipinski definition) is 2. The molecule has 1 heterocycles. The Labute approximate surface area is 191 Å². The van der Waals surface area contributed by atoms with E-state index in [-0.39, 0.29) is 12.8 Å². The standard InChI is InChI=1S/C23H27F2N5O3/c1-30(2)14-15-11-16(26-22(31)29-33-4)12-17(19-8-9-21(32-3)28-27-19)18(15)13-23(25)10-6-5-7-20(23)24/h5-9,11-12H,10,13-14H2,1-4H3,(H2,26,29,31). The molecule has 0 radical (unpaired) electrons. The molecule has 2 amide bonds. The van der Waals surface area contributed by atoms with E-state index in [1.54, 1.807) is 30.3 Å². The number of hydrogen-bond acceptors (Lipinski definition) is 6. The average molecular weight is 459 g/mol. The van der Waals surface area contributed by atoms with Gasteiger partial charge >= 0.3 is 6.03 Å². The van der Waals surface area contributed by atoms with Crippen LogP contribution in [0.1, 0.15) is 17.5 Å². The van der Waals surface area contributed by atoms with E-state index in [9.17, 15) is 9.18 Å². The van der Waals surface area contributed by atoms with Crippen LogP contribution in [0, 0.1) is 0 Å². The third kappa shape index (κ3) is 5.91. The van der Waals surface area contributed by atoms with Crippen molar-refractivity contribution in [3.8, 4) is 17.1 Å². The minimum Gasteiger partial charge on any atom is -0.480 e. The van der Waals surface area contributed by atoms with Crippen LogP contribution in [-0.4, -0.2) is 55.1 Å². The Morgan fingerprint density at radius 2 is 2.03 bits per heavy atom. The monoisotopic (exact) mass is 459 g/mol. The number of halogens is 2. The summed E-state index contributed by atoms with van der Waals surface area (Å²) in [5.74, 6) is -0.509. The number of ether oxygens (including phenoxy) is 1. The highest BCUT2D eigenvalue weighted by molar-refractivity contribution is 5.90. The number of benzene rings is 1. The van der Waals surface area contributed by atoms with Crippen LogP contribution < -0.4 is 15.5 Å². The number of rotatable bonds is 8. The lowest BCUT2D eigenvalue weighted by Gasteiger charge is -2.28. The van der Waals surface area contributed by atoms with Gasteiger partial charge in [0, 0.05) is 36.7 Å². The van der Waals surface area contributed by atoms with E-state index in [0.717, 1.165) is 6.08 Å². The number of anilines is 1. The molecule has 0 fully saturated rings. The van der Waals surface area contributed by atoms with Gasteiger partial charge in [0.2, 0.25) is 5.88 Å². The Hall–Kier alpha value is -3.37. The lowest BCUT2D eigenvalue weighted by molar-refractivity contribution is 0.114. The van der Waals surface area contributed by atoms with Crippen LogP contribution in [0.25, 0.3) is 11.3 Å². The smallest absolute Gasteiger partial charge is 0.343 e. The summed E-state index contributed by atoms with van der Waals surface area (Å²) in [6.45, 7) is 0.421. The van der Waals surface area contributed by atoms with Crippen LogP contribution in [0.2, 0.25) is 0 Å². The molecule has 1 aromatic heterocycles. The van der Waals surface area contributed by atoms with E-state index in [0.29, 0.717) is 40.5 Å². The number of methoxy groups -OCH3 is 1. The molecule has 2 aromatic rings. The molecule has 1 atom stereocenters. The Morgan fingerprint density at radius 1 is 1.24 bits per heavy atom. The number of nitrogens with zero attached hydrogens (tertiary/aromatic N) is 3. The number of carbonyl (C=O) groups is 1. The van der Waals surface area contributed by atoms with Gasteiger partial charge in [-0.05, 0) is 49.5 Å². The molecular formula is C23H27F2N5O3. The number of aromatic nitrogens is 2. The number of hydroxylamine groups is 1. The van der Waals surface area contributed by atoms with Crippen molar-refractivity contribution in [3.63, 3.8) is 0 Å². The molecule has 33 heavy (non-hydrogen) atoms. The van der Waals surface area contributed by atoms with Gasteiger partial charge in [-0.2, -0.15) is 0 Å². The fourth-order valence-electron chi connectivity index (χ4n) is 3.64. The maximum absolute atomic E-state index is 15.7. The second-order valence-electron chi connectivity index (χ2n) is 7.91. The molecule has 0 saturated heterocycles. The zero-order valence-corrected chi connectivity index (χ0v) is 19.0. The molecule has 0 spiro atoms. The molecule has 8 nitrogen and oxygen atoms in total. The first-order chi connectivity index (χ1) is 15.8. The highest BCUT2D eigenvalue weighted by Crippen LogP contribution is 2.39. The SMILES string of the molecule is CONC(=O)Nc1cc(CN(C)C)c(CC2(F)CC=CC=C2F)c(-c2ccc(OC)nn2)c1. The number of carbonyl (C=O) groups excluding carboxylic acids is 1. The lowest BCUT2D eigenvalue weighted by Crippen LogP contribution is -2.30. The van der Waals surface area contributed by atoms with Crippen molar-refractivity contribution in [2.45, 2.75) is 25.1 Å². The van der Waals surface area contributed by atoms with E-state index >= 15 is 4.39 Å². The highest BCUT2D eigenvalue weighted by atomic mass is 19.2. The van der Waals surface area contributed by atoms with Crippen LogP contribution in [0.3, 0.4) is 0 Å². The topological polar surface area (TPSA) is 88.6 Å². The molecule has 0 aliphatic heterocycles. The third-order valence-corrected chi connectivity index (χ3v) is 5.11. The summed E-state index contributed by atoms with van der Waals surface area (Å²) in [5.41, 5.74) is 2.68. The van der Waals surface area contributed by atoms with Crippen LogP contribution >= 0.6 is 0 Å². The summed E-state index contributed by atoms with van der Waals surface area (Å²) in [6, 6.07) is 6.12. The van der Waals surface area contributed by atoms with Crippen LogP contribution in [0.15, 0.2) is 48.3 Å². The first kappa shape index (κ1) is 24.3. The molecule has 0 bridgehead atoms. The van der Waals surface area contributed by atoms with Gasteiger partial charge in [0.25, 0.3) is 0 Å². The summed E-state index contributed by atoms with van der Waals surface area (Å²) in [4.78, 5) is 18.6. The Bertz CT molecular complexity index is 1060. The van der Waals surface area contributed by atoms with Crippen molar-refractivity contribution in [1.29, 1.82) is 0 Å². The molecule has 176 valence electrons. The van der Waals surface area contributed by atoms with Crippen molar-refractivity contribution in [3.05, 3.63) is 59.4 Å². The third-order valence-electron chi connectivity index (χ3n) is 5.11. The maximum Gasteiger partial charge on any atom is 0.343 e. The van der Waals surface area contributed by atoms with Crippen LogP contribution in [0.5, 0.6) is 5.88 Å². The summed E-state index contributed by atoms with van der Waals surface area (Å²) < 4.78 is 35.4. The molecule has 1 unspecified atom stereocenters. The Kier molecular flexibility index (Phi) is 7.72. The van der Waals surface area contributed by atoms with E-state index in [4.69, 9.17) is 4.74 Å². The van der Waals surface area contributed by atoms with Gasteiger partial charge < -0.3 is 15.0 Å². The molecule has 1 aliphatic carbocycles. The van der Waals surface area contributed by atoms with Gasteiger partial charge in [0.15, 0.2) is 5.67 Å². The van der Waals surface area contributed by atoms with Crippen molar-refractivity contribution >= 4 is 11.7 Å². The molecule has 1 aromatic carbocycles. The van der Waals surface area contributed by atoms with Gasteiger partial charge in [-0.15, -0.1) is 10.2 Å². The summed E-state index contributed by atoms with van der Waals surface area (Å²) in [7, 11) is 6.52. The normalized spacial score (nSPS) is 17.6. The summed E-state index contributed by atoms with van der Waals surface area (Å²) in [5, 5.41) is 10.9. The number of nitrogens with one attached hydrogen (secondary N) is 2. The Balaban J connectivity index is 2.16. The molecule has 1 aliphatic rings. The summed E-state index contributed by atoms with van der Waals surface area (Å²) in [6.07, 6.45) is 3.96. The van der Waals surface area contributed by atoms with Gasteiger partial charge in [0.05, 0.1) is 19.9 Å². The zero-order valence-electron chi connectivity index (χ0n) is 19.0. The lowest BCUT2D eigenvalue weighted by atomic mass is 9.84. The van der Waals surface area contributed by atoms with Gasteiger partial charge in [-0.1, -0.05) is 12.2 Å². The van der Waals surface area contributed by atoms with Crippen molar-refractivity contribution in [1.82, 2.24) is 20.6 Å².